The first-order chi connectivity index (χ1) is 20.6. The van der Waals surface area contributed by atoms with E-state index in [1.54, 1.807) is 7.05 Å². The minimum atomic E-state index is -5.98. The van der Waals surface area contributed by atoms with E-state index in [4.69, 9.17) is 9.47 Å². The molecule has 0 spiro atoms. The van der Waals surface area contributed by atoms with E-state index in [-0.39, 0.29) is 6.42 Å². The summed E-state index contributed by atoms with van der Waals surface area (Å²) in [4.78, 5) is 62.4. The number of aliphatic hydroxyl groups excluding tert-OH is 5. The molecule has 1 amide bonds. The summed E-state index contributed by atoms with van der Waals surface area (Å²) < 4.78 is 49.1. The van der Waals surface area contributed by atoms with Gasteiger partial charge in [0.2, 0.25) is 5.91 Å². The topological polar surface area (TPSA) is 324 Å². The molecule has 252 valence electrons. The molecule has 0 bridgehead atoms. The molecule has 2 saturated heterocycles. The van der Waals surface area contributed by atoms with Crippen LogP contribution in [0.25, 0.3) is 0 Å². The average Bonchev–Trinajstić information content (AvgIpc) is 3.22. The van der Waals surface area contributed by atoms with Crippen LogP contribution in [0.4, 0.5) is 0 Å². The summed E-state index contributed by atoms with van der Waals surface area (Å²) in [5, 5.41) is 55.7. The summed E-state index contributed by atoms with van der Waals surface area (Å²) in [7, 11) is -10.1. The van der Waals surface area contributed by atoms with Crippen molar-refractivity contribution in [2.75, 3.05) is 26.8 Å². The number of aliphatic hydroxyl groups is 5. The van der Waals surface area contributed by atoms with Crippen molar-refractivity contribution in [2.45, 2.75) is 74.4 Å². The van der Waals surface area contributed by atoms with E-state index in [2.05, 4.69) is 24.0 Å². The van der Waals surface area contributed by atoms with Crippen molar-refractivity contribution in [2.24, 2.45) is 0 Å². The molecule has 0 saturated carbocycles. The van der Waals surface area contributed by atoms with Gasteiger partial charge in [-0.25, -0.2) is 9.11 Å². The van der Waals surface area contributed by atoms with Crippen molar-refractivity contribution >= 4 is 21.6 Å². The highest BCUT2D eigenvalue weighted by atomic mass is 31.3. The first kappa shape index (κ1) is 36.6. The largest absolute Gasteiger partial charge is 0.756 e. The summed E-state index contributed by atoms with van der Waals surface area (Å²) in [6.45, 7) is -1.46. The Labute approximate surface area is 248 Å². The number of carbonyl (C=O) groups excluding carboxylic acids is 1. The van der Waals surface area contributed by atoms with Crippen LogP contribution in [0.1, 0.15) is 25.5 Å². The molecule has 3 heterocycles. The Morgan fingerprint density at radius 3 is 2.36 bits per heavy atom. The number of hydrogen-bond donors (Lipinski definition) is 8. The zero-order valence-corrected chi connectivity index (χ0v) is 24.9. The maximum Gasteiger partial charge on any atom is 0.330 e. The predicted octanol–water partition coefficient (Wildman–Crippen LogP) is -5.54. The quantitative estimate of drug-likeness (QED) is 0.0634. The monoisotopic (exact) mass is 676 g/mol. The minimum absolute atomic E-state index is 0.0756. The van der Waals surface area contributed by atoms with Crippen molar-refractivity contribution in [3.05, 3.63) is 33.1 Å². The van der Waals surface area contributed by atoms with Gasteiger partial charge in [0.1, 0.15) is 42.7 Å². The van der Waals surface area contributed by atoms with E-state index in [0.717, 1.165) is 12.3 Å². The fourth-order valence-electron chi connectivity index (χ4n) is 4.35. The van der Waals surface area contributed by atoms with Crippen LogP contribution in [-0.4, -0.2) is 117 Å². The normalized spacial score (nSPS) is 33.4. The van der Waals surface area contributed by atoms with E-state index < -0.39 is 101 Å². The van der Waals surface area contributed by atoms with Gasteiger partial charge in [-0.15, -0.1) is 0 Å². The lowest BCUT2D eigenvalue weighted by atomic mass is 9.97. The van der Waals surface area contributed by atoms with Crippen LogP contribution in [0.15, 0.2) is 21.9 Å². The van der Waals surface area contributed by atoms with Gasteiger partial charge in [-0.1, -0.05) is 0 Å². The maximum atomic E-state index is 12.5. The number of nitrogens with one attached hydrogen (secondary N) is 3. The van der Waals surface area contributed by atoms with E-state index in [1.165, 1.54) is 0 Å². The van der Waals surface area contributed by atoms with Gasteiger partial charge in [-0.2, -0.15) is 0 Å². The van der Waals surface area contributed by atoms with Crippen LogP contribution in [0, 0.1) is 0 Å². The molecule has 2 aliphatic heterocycles. The number of carbonyl (C=O) groups is 1. The lowest BCUT2D eigenvalue weighted by Gasteiger charge is -2.44. The number of H-pyrrole nitrogens is 1. The van der Waals surface area contributed by atoms with Crippen LogP contribution in [0.2, 0.25) is 0 Å². The highest BCUT2D eigenvalue weighted by Crippen LogP contribution is 2.57. The lowest BCUT2D eigenvalue weighted by Crippen LogP contribution is -2.64. The predicted molar refractivity (Wildman–Crippen MR) is 138 cm³/mol. The van der Waals surface area contributed by atoms with Gasteiger partial charge in [0.05, 0.1) is 13.2 Å². The molecule has 2 aliphatic rings. The van der Waals surface area contributed by atoms with Crippen molar-refractivity contribution in [1.29, 1.82) is 0 Å². The Bertz CT molecular complexity index is 1330. The smallest absolute Gasteiger partial charge is 0.330 e. The highest BCUT2D eigenvalue weighted by Gasteiger charge is 2.48. The number of rotatable bonds is 15. The summed E-state index contributed by atoms with van der Waals surface area (Å²) >= 11 is 0. The molecule has 2 fully saturated rings. The standard InChI is InChI=1S/C21H36N4O17P2/c1-22-6-3-2-4-12(27)23-14-17(31)15(29)10(8-26)40-20(14)41-44(36,37)42-43(34,35)38-9-11-16(30)18(32)19(39-11)25-7-5-13(28)24-21(25)33/h5,7,10-11,14-20,22,26,29-32H,2-4,6,8-9H2,1H3,(H,23,27)(H,34,35)(H,36,37)(H,24,28,33)/p-2/t10?,11?,14?,15-,16?,17+,18?,19?,20+/m0/s1. The summed E-state index contributed by atoms with van der Waals surface area (Å²) in [6.07, 6.45) is -12.6. The molecular formula is C21H34N4O17P2-2. The molecule has 3 rings (SSSR count). The van der Waals surface area contributed by atoms with Crippen molar-refractivity contribution < 1.29 is 72.1 Å². The minimum Gasteiger partial charge on any atom is -0.756 e. The van der Waals surface area contributed by atoms with Crippen LogP contribution in [0.3, 0.4) is 0 Å². The van der Waals surface area contributed by atoms with Gasteiger partial charge in [-0.3, -0.25) is 32.8 Å². The summed E-state index contributed by atoms with van der Waals surface area (Å²) in [5.74, 6) is -0.698. The Morgan fingerprint density at radius 1 is 1.05 bits per heavy atom. The van der Waals surface area contributed by atoms with E-state index in [1.807, 2.05) is 4.98 Å². The average molecular weight is 676 g/mol. The van der Waals surface area contributed by atoms with Crippen molar-refractivity contribution in [3.63, 3.8) is 0 Å². The van der Waals surface area contributed by atoms with E-state index >= 15 is 0 Å². The van der Waals surface area contributed by atoms with Gasteiger partial charge in [-0.05, 0) is 26.4 Å². The van der Waals surface area contributed by atoms with Gasteiger partial charge in [0, 0.05) is 18.7 Å². The number of aromatic nitrogens is 2. The number of phosphoric ester groups is 2. The Hall–Kier alpha value is -1.91. The van der Waals surface area contributed by atoms with Crippen LogP contribution in [-0.2, 0) is 36.8 Å². The third-order valence-electron chi connectivity index (χ3n) is 6.58. The first-order valence-corrected chi connectivity index (χ1v) is 16.1. The molecule has 21 nitrogen and oxygen atoms in total. The zero-order chi connectivity index (χ0) is 32.8. The van der Waals surface area contributed by atoms with Crippen LogP contribution < -0.4 is 31.7 Å². The lowest BCUT2D eigenvalue weighted by molar-refractivity contribution is -0.285. The Morgan fingerprint density at radius 2 is 1.73 bits per heavy atom. The Balaban J connectivity index is 1.64. The van der Waals surface area contributed by atoms with Gasteiger partial charge < -0.3 is 60.0 Å². The fourth-order valence-corrected chi connectivity index (χ4v) is 6.44. The molecule has 0 aromatic carbocycles. The zero-order valence-electron chi connectivity index (χ0n) is 23.1. The maximum absolute atomic E-state index is 12.5. The van der Waals surface area contributed by atoms with E-state index in [0.29, 0.717) is 24.0 Å². The SMILES string of the molecule is CNCCCCC(=O)NC1[C@@H](OP(=O)([O-])OP(=O)([O-])OCC2OC(n3ccc(=O)[nH]c3=O)C(O)C2O)OC(CO)[C@H](O)[C@@H]1O. The Kier molecular flexibility index (Phi) is 13.0. The molecule has 1 aromatic rings. The first-order valence-electron chi connectivity index (χ1n) is 13.1. The number of ether oxygens (including phenoxy) is 2. The van der Waals surface area contributed by atoms with E-state index in [9.17, 15) is 58.8 Å². The number of phosphoric acid groups is 2. The number of unbranched alkanes of at least 4 members (excludes halogenated alkanes) is 1. The third kappa shape index (κ3) is 9.55. The second-order valence-electron chi connectivity index (χ2n) is 9.80. The number of amides is 1. The van der Waals surface area contributed by atoms with Gasteiger partial charge in [0.15, 0.2) is 12.5 Å². The van der Waals surface area contributed by atoms with Gasteiger partial charge in [0.25, 0.3) is 21.2 Å². The van der Waals surface area contributed by atoms with Crippen LogP contribution >= 0.6 is 15.6 Å². The second-order valence-corrected chi connectivity index (χ2v) is 12.7. The summed E-state index contributed by atoms with van der Waals surface area (Å²) in [6, 6.07) is -0.849. The number of hydrogen-bond acceptors (Lipinski definition) is 18. The molecule has 8 unspecified atom stereocenters. The van der Waals surface area contributed by atoms with Crippen LogP contribution in [0.5, 0.6) is 0 Å². The molecule has 11 atom stereocenters. The number of aromatic amines is 1. The molecule has 1 aromatic heterocycles. The van der Waals surface area contributed by atoms with Gasteiger partial charge >= 0.3 is 5.69 Å². The molecule has 23 heteroatoms. The molecule has 8 N–H and O–H groups in total. The highest BCUT2D eigenvalue weighted by molar-refractivity contribution is 7.59. The molecule has 0 radical (unpaired) electrons. The van der Waals surface area contributed by atoms with Crippen molar-refractivity contribution in [1.82, 2.24) is 20.2 Å². The molecule has 44 heavy (non-hydrogen) atoms. The van der Waals surface area contributed by atoms with Crippen molar-refractivity contribution in [3.8, 4) is 0 Å². The second kappa shape index (κ2) is 15.6. The number of nitrogens with zero attached hydrogens (tertiary/aromatic N) is 1. The fraction of sp³-hybridized carbons (Fsp3) is 0.762. The molecular weight excluding hydrogens is 642 g/mol. The summed E-state index contributed by atoms with van der Waals surface area (Å²) in [5.41, 5.74) is -1.79. The third-order valence-corrected chi connectivity index (χ3v) is 9.11. The molecule has 0 aliphatic carbocycles.